The Hall–Kier alpha value is -1.64. The molecule has 0 nitrogen and oxygen atoms in total. The first-order valence-corrected chi connectivity index (χ1v) is 17.4. The predicted molar refractivity (Wildman–Crippen MR) is 161 cm³/mol. The van der Waals surface area contributed by atoms with Crippen molar-refractivity contribution in [1.29, 1.82) is 0 Å². The second-order valence-corrected chi connectivity index (χ2v) is 17.1. The molecule has 0 saturated carbocycles. The van der Waals surface area contributed by atoms with Gasteiger partial charge in [-0.05, 0) is 109 Å². The molecule has 0 saturated heterocycles. The molecule has 0 aliphatic rings. The minimum Gasteiger partial charge on any atom is -0.143 e. The third-order valence-corrected chi connectivity index (χ3v) is 16.9. The van der Waals surface area contributed by atoms with E-state index < -0.39 is 15.1 Å². The molecule has 0 fully saturated rings. The first-order chi connectivity index (χ1) is 16.5. The van der Waals surface area contributed by atoms with Crippen molar-refractivity contribution in [3.05, 3.63) is 93.1 Å². The summed E-state index contributed by atoms with van der Waals surface area (Å²) in [6.07, 6.45) is 0. The Morgan fingerprint density at radius 3 is 1.35 bits per heavy atom. The van der Waals surface area contributed by atoms with Crippen molar-refractivity contribution >= 4 is 60.4 Å². The Labute approximate surface area is 219 Å². The average Bonchev–Trinajstić information content (AvgIpc) is 3.65. The van der Waals surface area contributed by atoms with Crippen LogP contribution in [0.3, 0.4) is 0 Å². The number of hydrogen-bond acceptors (Lipinski definition) is 4. The summed E-state index contributed by atoms with van der Waals surface area (Å²) in [5.41, 5.74) is 5.91. The Bertz CT molecular complexity index is 1460. The lowest BCUT2D eigenvalue weighted by Crippen LogP contribution is -1.80. The molecule has 6 heterocycles. The van der Waals surface area contributed by atoms with E-state index in [1.54, 1.807) is 10.6 Å². The highest BCUT2D eigenvalue weighted by molar-refractivity contribution is 7.70. The predicted octanol–water partition coefficient (Wildman–Crippen LogP) is 12.1. The van der Waals surface area contributed by atoms with Crippen molar-refractivity contribution in [1.82, 2.24) is 0 Å². The van der Waals surface area contributed by atoms with Gasteiger partial charge in [-0.1, -0.05) is 27.2 Å². The van der Waals surface area contributed by atoms with Gasteiger partial charge in [-0.3, -0.25) is 0 Å². The molecule has 34 heavy (non-hydrogen) atoms. The zero-order valence-electron chi connectivity index (χ0n) is 19.5. The molecule has 0 aromatic carbocycles. The minimum absolute atomic E-state index is 0.468. The van der Waals surface area contributed by atoms with Gasteiger partial charge in [0.2, 0.25) is 0 Å². The van der Waals surface area contributed by atoms with E-state index in [0.29, 0.717) is 0 Å². The van der Waals surface area contributed by atoms with Gasteiger partial charge in [0.25, 0.3) is 0 Å². The maximum Gasteiger partial charge on any atom is 0.0513 e. The molecule has 2 atom stereocenters. The third kappa shape index (κ3) is 3.86. The van der Waals surface area contributed by atoms with Gasteiger partial charge in [-0.2, -0.15) is 0 Å². The van der Waals surface area contributed by atoms with Gasteiger partial charge in [0.1, 0.15) is 0 Å². The molecule has 170 valence electrons. The standard InChI is InChI=1S/C28H24P2S4/c1-17-15-29(25-11-9-23(33-25)21-7-5-13-31-21)27(19(17)3)28-20(4)18(2)16-30(28)26-12-10-24(34-26)22-8-6-14-32-22/h5-16H,1-4H3. The lowest BCUT2D eigenvalue weighted by atomic mass is 10.1. The van der Waals surface area contributed by atoms with Crippen LogP contribution in [0.4, 0.5) is 0 Å². The lowest BCUT2D eigenvalue weighted by molar-refractivity contribution is 1.38. The number of hydrogen-bond donors (Lipinski definition) is 0. The molecule has 6 aromatic heterocycles. The monoisotopic (exact) mass is 550 g/mol. The molecule has 2 unspecified atom stereocenters. The van der Waals surface area contributed by atoms with E-state index in [2.05, 4.69) is 98.6 Å². The molecule has 0 N–H and O–H groups in total. The summed E-state index contributed by atoms with van der Waals surface area (Å²) in [7, 11) is -0.936. The third-order valence-electron chi connectivity index (χ3n) is 6.43. The number of aryl methyl sites for hydroxylation is 2. The molecule has 0 spiro atoms. The summed E-state index contributed by atoms with van der Waals surface area (Å²) in [4.78, 5) is 5.55. The fraction of sp³-hybridized carbons (Fsp3) is 0.143. The Balaban J connectivity index is 1.52. The van der Waals surface area contributed by atoms with Gasteiger partial charge in [0.15, 0.2) is 0 Å². The molecule has 6 aromatic rings. The molecule has 6 heteroatoms. The molecular formula is C28H24P2S4. The first-order valence-electron chi connectivity index (χ1n) is 11.2. The van der Waals surface area contributed by atoms with E-state index in [4.69, 9.17) is 0 Å². The Morgan fingerprint density at radius 2 is 0.971 bits per heavy atom. The summed E-state index contributed by atoms with van der Waals surface area (Å²) in [6, 6.07) is 18.2. The zero-order valence-corrected chi connectivity index (χ0v) is 24.5. The number of rotatable bonds is 5. The van der Waals surface area contributed by atoms with Crippen LogP contribution in [0.5, 0.6) is 0 Å². The SMILES string of the molecule is Cc1cp(-c2ccc(-c3cccs3)s2)c(-c2c(C)c(C)cp2-c2ccc(-c3cccs3)s2)c1C. The van der Waals surface area contributed by atoms with Crippen molar-refractivity contribution in [2.24, 2.45) is 0 Å². The maximum absolute atomic E-state index is 2.57. The van der Waals surface area contributed by atoms with Gasteiger partial charge in [-0.15, -0.1) is 45.3 Å². The molecule has 0 radical (unpaired) electrons. The summed E-state index contributed by atoms with van der Waals surface area (Å²) in [5.74, 6) is 5.13. The van der Waals surface area contributed by atoms with Gasteiger partial charge < -0.3 is 0 Å². The highest BCUT2D eigenvalue weighted by Crippen LogP contribution is 2.64. The van der Waals surface area contributed by atoms with E-state index in [0.717, 1.165) is 0 Å². The quantitative estimate of drug-likeness (QED) is 0.200. The Morgan fingerprint density at radius 1 is 0.529 bits per heavy atom. The van der Waals surface area contributed by atoms with Crippen LogP contribution < -0.4 is 0 Å². The molecule has 6 rings (SSSR count). The fourth-order valence-corrected chi connectivity index (χ4v) is 14.9. The molecule has 0 bridgehead atoms. The number of thiophene rings is 4. The first kappa shape index (κ1) is 22.8. The van der Waals surface area contributed by atoms with Crippen LogP contribution in [0.15, 0.2) is 70.9 Å². The highest BCUT2D eigenvalue weighted by Gasteiger charge is 2.23. The largest absolute Gasteiger partial charge is 0.143 e. The zero-order chi connectivity index (χ0) is 23.4. The van der Waals surface area contributed by atoms with Crippen LogP contribution in [0.25, 0.3) is 39.3 Å². The van der Waals surface area contributed by atoms with E-state index in [-0.39, 0.29) is 0 Å². The topological polar surface area (TPSA) is 0 Å². The van der Waals surface area contributed by atoms with Crippen LogP contribution >= 0.6 is 60.4 Å². The van der Waals surface area contributed by atoms with E-state index in [9.17, 15) is 0 Å². The maximum atomic E-state index is 2.57. The smallest absolute Gasteiger partial charge is 0.0513 e. The van der Waals surface area contributed by atoms with Crippen molar-refractivity contribution < 1.29 is 0 Å². The van der Waals surface area contributed by atoms with E-state index in [1.165, 1.54) is 51.0 Å². The second kappa shape index (κ2) is 9.10. The average molecular weight is 551 g/mol. The van der Waals surface area contributed by atoms with Crippen LogP contribution in [0, 0.1) is 27.7 Å². The Kier molecular flexibility index (Phi) is 6.10. The van der Waals surface area contributed by atoms with Crippen molar-refractivity contribution in [2.45, 2.75) is 27.7 Å². The van der Waals surface area contributed by atoms with Gasteiger partial charge in [-0.25, -0.2) is 0 Å². The van der Waals surface area contributed by atoms with Crippen molar-refractivity contribution in [2.75, 3.05) is 0 Å². The fourth-order valence-electron chi connectivity index (χ4n) is 4.39. The minimum atomic E-state index is -0.468. The van der Waals surface area contributed by atoms with Gasteiger partial charge >= 0.3 is 0 Å². The van der Waals surface area contributed by atoms with Crippen LogP contribution in [0.2, 0.25) is 0 Å². The normalized spacial score (nSPS) is 12.6. The van der Waals surface area contributed by atoms with E-state index in [1.807, 2.05) is 45.3 Å². The summed E-state index contributed by atoms with van der Waals surface area (Å²) < 4.78 is 3.05. The van der Waals surface area contributed by atoms with Gasteiger partial charge in [0.05, 0.1) is 9.24 Å². The van der Waals surface area contributed by atoms with Crippen molar-refractivity contribution in [3.8, 4) is 39.3 Å². The second-order valence-electron chi connectivity index (χ2n) is 8.54. The van der Waals surface area contributed by atoms with Gasteiger partial charge in [0, 0.05) is 30.1 Å². The van der Waals surface area contributed by atoms with E-state index >= 15 is 0 Å². The highest BCUT2D eigenvalue weighted by atomic mass is 32.1. The van der Waals surface area contributed by atoms with Crippen LogP contribution in [-0.2, 0) is 0 Å². The lowest BCUT2D eigenvalue weighted by Gasteiger charge is -2.11. The van der Waals surface area contributed by atoms with Crippen LogP contribution in [0.1, 0.15) is 22.3 Å². The molecule has 0 aliphatic carbocycles. The summed E-state index contributed by atoms with van der Waals surface area (Å²) >= 11 is 7.65. The molecule has 0 amide bonds. The van der Waals surface area contributed by atoms with Crippen molar-refractivity contribution in [3.63, 3.8) is 0 Å². The molecular weight excluding hydrogens is 527 g/mol. The molecule has 0 aliphatic heterocycles. The summed E-state index contributed by atoms with van der Waals surface area (Å²) in [5, 5.41) is 7.59. The van der Waals surface area contributed by atoms with Crippen LogP contribution in [-0.4, -0.2) is 0 Å². The summed E-state index contributed by atoms with van der Waals surface area (Å²) in [6.45, 7) is 9.31.